The maximum Gasteiger partial charge on any atom is 0.421 e. The van der Waals surface area contributed by atoms with Crippen LogP contribution in [-0.4, -0.2) is 20.0 Å². The van der Waals surface area contributed by atoms with Gasteiger partial charge in [0.1, 0.15) is 22.6 Å². The molecule has 0 aliphatic rings. The van der Waals surface area contributed by atoms with E-state index in [2.05, 4.69) is 9.47 Å². The summed E-state index contributed by atoms with van der Waals surface area (Å²) in [5.41, 5.74) is -10.0. The lowest BCUT2D eigenvalue weighted by Crippen LogP contribution is -2.16. The van der Waals surface area contributed by atoms with E-state index in [4.69, 9.17) is 23.2 Å². The van der Waals surface area contributed by atoms with Crippen molar-refractivity contribution in [2.24, 2.45) is 0 Å². The molecule has 0 fully saturated rings. The molecule has 0 unspecified atom stereocenters. The third-order valence-corrected chi connectivity index (χ3v) is 5.71. The van der Waals surface area contributed by atoms with Crippen LogP contribution in [0, 0.1) is 0 Å². The van der Waals surface area contributed by atoms with Crippen molar-refractivity contribution in [1.29, 1.82) is 0 Å². The number of rotatable bonds is 6. The van der Waals surface area contributed by atoms with Gasteiger partial charge in [-0.3, -0.25) is 4.79 Å². The van der Waals surface area contributed by atoms with Gasteiger partial charge in [0, 0.05) is 0 Å². The maximum absolute atomic E-state index is 13.6. The molecule has 0 aromatic heterocycles. The topological polar surface area (TPSA) is 35.5 Å². The lowest BCUT2D eigenvalue weighted by Gasteiger charge is -2.20. The van der Waals surface area contributed by atoms with E-state index < -0.39 is 85.4 Å². The predicted molar refractivity (Wildman–Crippen MR) is 119 cm³/mol. The van der Waals surface area contributed by atoms with Gasteiger partial charge in [0.05, 0.1) is 35.4 Å². The molecule has 0 radical (unpaired) electrons. The van der Waals surface area contributed by atoms with E-state index in [1.54, 1.807) is 0 Å². The minimum absolute atomic E-state index is 0.285. The first kappa shape index (κ1) is 33.1. The zero-order valence-electron chi connectivity index (χ0n) is 19.5. The molecule has 2 aromatic rings. The molecular formula is C23H12Cl2F12O3. The van der Waals surface area contributed by atoms with E-state index in [0.29, 0.717) is 38.5 Å². The monoisotopic (exact) mass is 634 g/mol. The second-order valence-corrected chi connectivity index (χ2v) is 8.28. The smallest absolute Gasteiger partial charge is 0.421 e. The number of benzene rings is 2. The summed E-state index contributed by atoms with van der Waals surface area (Å²) in [6.07, 6.45) is -20.3. The van der Waals surface area contributed by atoms with Crippen molar-refractivity contribution in [2.45, 2.75) is 24.7 Å². The van der Waals surface area contributed by atoms with Crippen LogP contribution in [0.4, 0.5) is 52.7 Å². The van der Waals surface area contributed by atoms with Gasteiger partial charge in [-0.15, -0.1) is 0 Å². The number of hydrogen-bond acceptors (Lipinski definition) is 3. The molecule has 0 amide bonds. The first-order chi connectivity index (χ1) is 18.1. The van der Waals surface area contributed by atoms with Crippen molar-refractivity contribution in [2.75, 3.05) is 14.2 Å². The molecule has 0 saturated carbocycles. The largest absolute Gasteiger partial charge is 0.496 e. The Hall–Kier alpha value is -3.07. The van der Waals surface area contributed by atoms with E-state index in [1.165, 1.54) is 0 Å². The van der Waals surface area contributed by atoms with Gasteiger partial charge in [-0.05, 0) is 35.4 Å². The van der Waals surface area contributed by atoms with Crippen LogP contribution in [-0.2, 0) is 29.5 Å². The van der Waals surface area contributed by atoms with E-state index in [1.807, 2.05) is 0 Å². The maximum atomic E-state index is 13.6. The van der Waals surface area contributed by atoms with Crippen LogP contribution < -0.4 is 9.47 Å². The molecule has 0 saturated heterocycles. The van der Waals surface area contributed by atoms with E-state index in [-0.39, 0.29) is 12.1 Å². The van der Waals surface area contributed by atoms with Crippen molar-refractivity contribution in [3.8, 4) is 11.5 Å². The van der Waals surface area contributed by atoms with Gasteiger partial charge >= 0.3 is 24.7 Å². The third kappa shape index (κ3) is 7.16. The highest BCUT2D eigenvalue weighted by Gasteiger charge is 2.46. The molecule has 0 bridgehead atoms. The first-order valence-electron chi connectivity index (χ1n) is 10.1. The standard InChI is InChI=1S/C23H12Cl2F12O3/c1-39-12-7-9(14(20(26,27)28)18(24)16(12)22(32,33)34)3-5-11(38)6-4-10-8-13(40-2)17(23(35,36)37)19(25)15(10)21(29,30)31/h3-8H,1-2H3/b5-3+,6-4+. The highest BCUT2D eigenvalue weighted by molar-refractivity contribution is 6.33. The Morgan fingerprint density at radius 1 is 0.600 bits per heavy atom. The summed E-state index contributed by atoms with van der Waals surface area (Å²) in [5.74, 6) is -3.59. The summed E-state index contributed by atoms with van der Waals surface area (Å²) < 4.78 is 170. The van der Waals surface area contributed by atoms with Gasteiger partial charge in [-0.2, -0.15) is 52.7 Å². The molecular weight excluding hydrogens is 623 g/mol. The van der Waals surface area contributed by atoms with Crippen molar-refractivity contribution in [1.82, 2.24) is 0 Å². The van der Waals surface area contributed by atoms with Crippen molar-refractivity contribution in [3.05, 3.63) is 67.7 Å². The van der Waals surface area contributed by atoms with Crippen molar-refractivity contribution >= 4 is 41.1 Å². The zero-order valence-corrected chi connectivity index (χ0v) is 21.0. The third-order valence-electron chi connectivity index (χ3n) is 4.95. The van der Waals surface area contributed by atoms with Crippen LogP contribution in [0.3, 0.4) is 0 Å². The van der Waals surface area contributed by atoms with Crippen molar-refractivity contribution in [3.63, 3.8) is 0 Å². The SMILES string of the molecule is COc1cc(/C=C/C(=O)/C=C/c2cc(OC)c(C(F)(F)F)c(Cl)c2C(F)(F)F)c(C(F)(F)F)c(Cl)c1C(F)(F)F. The molecule has 2 rings (SSSR count). The van der Waals surface area contributed by atoms with Crippen LogP contribution in [0.1, 0.15) is 33.4 Å². The Bertz CT molecular complexity index is 1250. The summed E-state index contributed by atoms with van der Waals surface area (Å²) in [6, 6.07) is 0.570. The molecule has 220 valence electrons. The van der Waals surface area contributed by atoms with Gasteiger partial charge in [-0.1, -0.05) is 35.4 Å². The van der Waals surface area contributed by atoms with Gasteiger partial charge in [0.25, 0.3) is 0 Å². The second-order valence-electron chi connectivity index (χ2n) is 7.52. The molecule has 0 N–H and O–H groups in total. The average molecular weight is 635 g/mol. The predicted octanol–water partition coefficient (Wildman–Crippen LogP) is 9.38. The number of carbonyl (C=O) groups excluding carboxylic acids is 1. The number of halogens is 14. The van der Waals surface area contributed by atoms with Gasteiger partial charge < -0.3 is 9.47 Å². The number of alkyl halides is 12. The molecule has 3 nitrogen and oxygen atoms in total. The highest BCUT2D eigenvalue weighted by atomic mass is 35.5. The Morgan fingerprint density at radius 3 is 1.10 bits per heavy atom. The fraction of sp³-hybridized carbons (Fsp3) is 0.261. The molecule has 0 atom stereocenters. The molecule has 40 heavy (non-hydrogen) atoms. The Labute approximate surface area is 226 Å². The minimum Gasteiger partial charge on any atom is -0.496 e. The number of carbonyl (C=O) groups is 1. The Kier molecular flexibility index (Phi) is 9.47. The molecule has 17 heteroatoms. The van der Waals surface area contributed by atoms with Crippen LogP contribution >= 0.6 is 23.2 Å². The summed E-state index contributed by atoms with van der Waals surface area (Å²) >= 11 is 10.8. The Morgan fingerprint density at radius 2 is 0.875 bits per heavy atom. The molecule has 2 aromatic carbocycles. The normalized spacial score (nSPS) is 13.4. The van der Waals surface area contributed by atoms with E-state index in [9.17, 15) is 57.5 Å². The number of ketones is 1. The summed E-state index contributed by atoms with van der Waals surface area (Å²) in [6.45, 7) is 0. The lowest BCUT2D eigenvalue weighted by atomic mass is 9.99. The lowest BCUT2D eigenvalue weighted by molar-refractivity contribution is -0.145. The number of methoxy groups -OCH3 is 2. The van der Waals surface area contributed by atoms with E-state index >= 15 is 0 Å². The number of allylic oxidation sites excluding steroid dienone is 2. The molecule has 0 aliphatic heterocycles. The van der Waals surface area contributed by atoms with Crippen LogP contribution in [0.25, 0.3) is 12.2 Å². The van der Waals surface area contributed by atoms with Crippen LogP contribution in [0.5, 0.6) is 11.5 Å². The second kappa shape index (κ2) is 11.4. The Balaban J connectivity index is 2.64. The first-order valence-corrected chi connectivity index (χ1v) is 10.8. The van der Waals surface area contributed by atoms with Gasteiger partial charge in [0.15, 0.2) is 5.78 Å². The fourth-order valence-corrected chi connectivity index (χ4v) is 4.21. The fourth-order valence-electron chi connectivity index (χ4n) is 3.38. The summed E-state index contributed by atoms with van der Waals surface area (Å²) in [7, 11) is 1.41. The summed E-state index contributed by atoms with van der Waals surface area (Å²) in [4.78, 5) is 12.2. The van der Waals surface area contributed by atoms with Crippen LogP contribution in [0.2, 0.25) is 10.0 Å². The van der Waals surface area contributed by atoms with Gasteiger partial charge in [-0.25, -0.2) is 0 Å². The highest BCUT2D eigenvalue weighted by Crippen LogP contribution is 2.50. The number of hydrogen-bond donors (Lipinski definition) is 0. The molecule has 0 aliphatic carbocycles. The molecule has 0 spiro atoms. The van der Waals surface area contributed by atoms with E-state index in [0.717, 1.165) is 0 Å². The van der Waals surface area contributed by atoms with Crippen molar-refractivity contribution < 1.29 is 67.0 Å². The van der Waals surface area contributed by atoms with Crippen LogP contribution in [0.15, 0.2) is 24.3 Å². The summed E-state index contributed by atoms with van der Waals surface area (Å²) in [5, 5.41) is -3.58. The average Bonchev–Trinajstić information content (AvgIpc) is 2.76. The molecule has 0 heterocycles. The minimum atomic E-state index is -5.46. The van der Waals surface area contributed by atoms with Gasteiger partial charge in [0.2, 0.25) is 0 Å². The zero-order chi connectivity index (χ0) is 31.0. The quantitative estimate of drug-likeness (QED) is 0.235. The number of ether oxygens (including phenoxy) is 2.